The summed E-state index contributed by atoms with van der Waals surface area (Å²) in [6.45, 7) is 7.11. The van der Waals surface area contributed by atoms with Gasteiger partial charge in [-0.05, 0) is 41.7 Å². The second-order valence-electron chi connectivity index (χ2n) is 8.36. The maximum atomic E-state index is 14.0. The van der Waals surface area contributed by atoms with Crippen LogP contribution in [-0.4, -0.2) is 40.3 Å². The average Bonchev–Trinajstić information content (AvgIpc) is 2.68. The number of sulfonamides is 1. The minimum absolute atomic E-state index is 0.0173. The third kappa shape index (κ3) is 7.86. The largest absolute Gasteiger partial charge is 0.492 e. The van der Waals surface area contributed by atoms with Gasteiger partial charge in [0.05, 0.1) is 18.5 Å². The summed E-state index contributed by atoms with van der Waals surface area (Å²) in [6.07, 6.45) is 1.41. The monoisotopic (exact) mass is 450 g/mol. The Hall–Kier alpha value is -2.61. The highest BCUT2D eigenvalue weighted by atomic mass is 32.2. The first-order chi connectivity index (χ1) is 14.5. The lowest BCUT2D eigenvalue weighted by molar-refractivity contribution is -0.121. The molecule has 0 aromatic heterocycles. The molecule has 0 aliphatic carbocycles. The average molecular weight is 451 g/mol. The second kappa shape index (κ2) is 10.6. The van der Waals surface area contributed by atoms with Crippen molar-refractivity contribution in [3.05, 3.63) is 59.9 Å². The summed E-state index contributed by atoms with van der Waals surface area (Å²) in [4.78, 5) is 12.0. The van der Waals surface area contributed by atoms with E-state index in [0.717, 1.165) is 16.3 Å². The summed E-state index contributed by atoms with van der Waals surface area (Å²) in [5.74, 6) is -0.102. The molecule has 0 atom stereocenters. The van der Waals surface area contributed by atoms with Gasteiger partial charge in [0.15, 0.2) is 0 Å². The Bertz CT molecular complexity index is 970. The van der Waals surface area contributed by atoms with Crippen LogP contribution in [0.25, 0.3) is 0 Å². The Balaban J connectivity index is 1.74. The van der Waals surface area contributed by atoms with Gasteiger partial charge in [0.1, 0.15) is 18.2 Å². The molecule has 0 fully saturated rings. The minimum atomic E-state index is -3.66. The maximum Gasteiger partial charge on any atom is 0.232 e. The van der Waals surface area contributed by atoms with Crippen LogP contribution in [0.2, 0.25) is 0 Å². The number of nitrogens with one attached hydrogen (secondary N) is 1. The first kappa shape index (κ1) is 24.7. The van der Waals surface area contributed by atoms with Crippen molar-refractivity contribution in [2.45, 2.75) is 39.0 Å². The fourth-order valence-corrected chi connectivity index (χ4v) is 3.97. The van der Waals surface area contributed by atoms with Crippen molar-refractivity contribution in [3.8, 4) is 5.75 Å². The van der Waals surface area contributed by atoms with E-state index in [-0.39, 0.29) is 36.4 Å². The highest BCUT2D eigenvalue weighted by molar-refractivity contribution is 7.92. The molecule has 0 heterocycles. The lowest BCUT2D eigenvalue weighted by Crippen LogP contribution is -2.33. The topological polar surface area (TPSA) is 75.7 Å². The van der Waals surface area contributed by atoms with Crippen LogP contribution in [-0.2, 0) is 20.2 Å². The van der Waals surface area contributed by atoms with E-state index in [0.29, 0.717) is 13.2 Å². The first-order valence-electron chi connectivity index (χ1n) is 10.2. The van der Waals surface area contributed by atoms with E-state index in [1.54, 1.807) is 6.07 Å². The van der Waals surface area contributed by atoms with Crippen molar-refractivity contribution < 1.29 is 22.3 Å². The predicted octanol–water partition coefficient (Wildman–Crippen LogP) is 3.86. The van der Waals surface area contributed by atoms with Gasteiger partial charge in [-0.25, -0.2) is 12.8 Å². The molecule has 0 saturated heterocycles. The van der Waals surface area contributed by atoms with E-state index in [1.807, 2.05) is 24.3 Å². The molecule has 8 heteroatoms. The smallest absolute Gasteiger partial charge is 0.232 e. The van der Waals surface area contributed by atoms with Crippen molar-refractivity contribution in [3.63, 3.8) is 0 Å². The van der Waals surface area contributed by atoms with E-state index in [4.69, 9.17) is 4.74 Å². The van der Waals surface area contributed by atoms with Crippen molar-refractivity contribution in [1.29, 1.82) is 0 Å². The molecule has 0 spiro atoms. The fraction of sp³-hybridized carbons (Fsp3) is 0.435. The van der Waals surface area contributed by atoms with Gasteiger partial charge in [-0.2, -0.15) is 0 Å². The van der Waals surface area contributed by atoms with Crippen LogP contribution in [0.3, 0.4) is 0 Å². The number of benzene rings is 2. The van der Waals surface area contributed by atoms with Crippen LogP contribution >= 0.6 is 0 Å². The Morgan fingerprint density at radius 1 is 1.10 bits per heavy atom. The molecule has 0 bridgehead atoms. The Morgan fingerprint density at radius 2 is 1.74 bits per heavy atom. The van der Waals surface area contributed by atoms with Gasteiger partial charge in [-0.1, -0.05) is 45.0 Å². The van der Waals surface area contributed by atoms with Gasteiger partial charge in [0.25, 0.3) is 0 Å². The van der Waals surface area contributed by atoms with E-state index >= 15 is 0 Å². The summed E-state index contributed by atoms with van der Waals surface area (Å²) in [7, 11) is -3.66. The third-order valence-electron chi connectivity index (χ3n) is 4.70. The Labute approximate surface area is 184 Å². The molecule has 2 aromatic rings. The lowest BCUT2D eigenvalue weighted by Gasteiger charge is -2.22. The van der Waals surface area contributed by atoms with E-state index < -0.39 is 15.8 Å². The van der Waals surface area contributed by atoms with E-state index in [1.165, 1.54) is 23.8 Å². The molecule has 0 aliphatic rings. The van der Waals surface area contributed by atoms with Crippen molar-refractivity contribution >= 4 is 21.6 Å². The molecule has 0 unspecified atom stereocenters. The van der Waals surface area contributed by atoms with Gasteiger partial charge in [-0.3, -0.25) is 9.10 Å². The predicted molar refractivity (Wildman–Crippen MR) is 121 cm³/mol. The van der Waals surface area contributed by atoms with Crippen LogP contribution in [0.5, 0.6) is 5.75 Å². The van der Waals surface area contributed by atoms with Crippen molar-refractivity contribution in [2.75, 3.05) is 30.3 Å². The molecule has 170 valence electrons. The molecular formula is C23H31FN2O4S. The summed E-state index contributed by atoms with van der Waals surface area (Å²) in [5, 5.41) is 2.75. The van der Waals surface area contributed by atoms with Gasteiger partial charge in [0, 0.05) is 13.0 Å². The lowest BCUT2D eigenvalue weighted by atomic mass is 9.87. The number of amides is 1. The van der Waals surface area contributed by atoms with Gasteiger partial charge in [0.2, 0.25) is 15.9 Å². The minimum Gasteiger partial charge on any atom is -0.492 e. The zero-order chi connectivity index (χ0) is 23.1. The summed E-state index contributed by atoms with van der Waals surface area (Å²) in [5.41, 5.74) is 1.27. The highest BCUT2D eigenvalue weighted by Crippen LogP contribution is 2.24. The fourth-order valence-electron chi connectivity index (χ4n) is 3.00. The summed E-state index contributed by atoms with van der Waals surface area (Å²) >= 11 is 0. The highest BCUT2D eigenvalue weighted by Gasteiger charge is 2.20. The molecule has 0 aliphatic heterocycles. The molecule has 1 N–H and O–H groups in total. The number of para-hydroxylation sites is 1. The van der Waals surface area contributed by atoms with Crippen LogP contribution in [0.4, 0.5) is 10.1 Å². The van der Waals surface area contributed by atoms with Crippen LogP contribution in [0.15, 0.2) is 48.5 Å². The second-order valence-corrected chi connectivity index (χ2v) is 10.3. The summed E-state index contributed by atoms with van der Waals surface area (Å²) in [6, 6.07) is 13.5. The molecule has 1 amide bonds. The van der Waals surface area contributed by atoms with E-state index in [9.17, 15) is 17.6 Å². The molecular weight excluding hydrogens is 419 g/mol. The van der Waals surface area contributed by atoms with Gasteiger partial charge < -0.3 is 10.1 Å². The normalized spacial score (nSPS) is 11.8. The van der Waals surface area contributed by atoms with Crippen LogP contribution in [0, 0.1) is 5.82 Å². The first-order valence-corrected chi connectivity index (χ1v) is 12.1. The Morgan fingerprint density at radius 3 is 2.32 bits per heavy atom. The number of hydrogen-bond acceptors (Lipinski definition) is 4. The summed E-state index contributed by atoms with van der Waals surface area (Å²) < 4.78 is 44.7. The number of ether oxygens (including phenoxy) is 1. The van der Waals surface area contributed by atoms with E-state index in [2.05, 4.69) is 26.1 Å². The number of anilines is 1. The number of nitrogens with zero attached hydrogens (tertiary/aromatic N) is 1. The van der Waals surface area contributed by atoms with Crippen LogP contribution < -0.4 is 14.4 Å². The van der Waals surface area contributed by atoms with Crippen LogP contribution in [0.1, 0.15) is 39.2 Å². The maximum absolute atomic E-state index is 14.0. The zero-order valence-corrected chi connectivity index (χ0v) is 19.3. The number of carbonyl (C=O) groups is 1. The third-order valence-corrected chi connectivity index (χ3v) is 5.88. The number of halogens is 1. The van der Waals surface area contributed by atoms with Crippen molar-refractivity contribution in [2.24, 2.45) is 0 Å². The molecule has 2 rings (SSSR count). The standard InChI is InChI=1S/C23H31FN2O4S/c1-23(2,3)18-11-13-19(14-12-18)30-17-15-25-22(27)10-7-16-26(31(4,28)29)21-9-6-5-8-20(21)24/h5-6,8-9,11-14H,7,10,15-17H2,1-4H3,(H,25,27). The molecule has 0 radical (unpaired) electrons. The number of rotatable bonds is 10. The number of hydrogen-bond donors (Lipinski definition) is 1. The zero-order valence-electron chi connectivity index (χ0n) is 18.5. The molecule has 0 saturated carbocycles. The Kier molecular flexibility index (Phi) is 8.44. The SMILES string of the molecule is CC(C)(C)c1ccc(OCCNC(=O)CCCN(c2ccccc2F)S(C)(=O)=O)cc1. The molecule has 31 heavy (non-hydrogen) atoms. The number of carbonyl (C=O) groups excluding carboxylic acids is 1. The molecule has 6 nitrogen and oxygen atoms in total. The van der Waals surface area contributed by atoms with Crippen molar-refractivity contribution in [1.82, 2.24) is 5.32 Å². The van der Waals surface area contributed by atoms with Gasteiger partial charge in [-0.15, -0.1) is 0 Å². The quantitative estimate of drug-likeness (QED) is 0.558. The van der Waals surface area contributed by atoms with Gasteiger partial charge >= 0.3 is 0 Å². The molecule has 2 aromatic carbocycles.